The number of aromatic nitrogens is 1. The minimum atomic E-state index is -4.51. The van der Waals surface area contributed by atoms with E-state index in [4.69, 9.17) is 11.6 Å². The molecule has 1 aromatic heterocycles. The fraction of sp³-hybridized carbons (Fsp3) is 0.391. The Hall–Kier alpha value is -3.21. The van der Waals surface area contributed by atoms with Crippen LogP contribution in [0.5, 0.6) is 0 Å². The van der Waals surface area contributed by atoms with Crippen LogP contribution >= 0.6 is 11.6 Å². The molecule has 1 spiro atoms. The highest BCUT2D eigenvalue weighted by Crippen LogP contribution is 2.38. The molecule has 0 bridgehead atoms. The van der Waals surface area contributed by atoms with Crippen molar-refractivity contribution in [1.82, 2.24) is 14.8 Å². The fourth-order valence-corrected chi connectivity index (χ4v) is 4.72. The van der Waals surface area contributed by atoms with Gasteiger partial charge < -0.3 is 9.80 Å². The number of benzene rings is 1. The molecular formula is C23H21ClF4N4O3. The van der Waals surface area contributed by atoms with Gasteiger partial charge in [0.25, 0.3) is 5.91 Å². The number of piperazine rings is 1. The van der Waals surface area contributed by atoms with E-state index in [1.165, 1.54) is 24.0 Å². The molecule has 0 atom stereocenters. The average Bonchev–Trinajstić information content (AvgIpc) is 2.80. The highest BCUT2D eigenvalue weighted by atomic mass is 35.5. The van der Waals surface area contributed by atoms with Gasteiger partial charge in [0.1, 0.15) is 12.1 Å². The Labute approximate surface area is 203 Å². The van der Waals surface area contributed by atoms with E-state index in [1.54, 1.807) is 4.90 Å². The number of likely N-dealkylation sites (tertiary alicyclic amines) is 1. The Morgan fingerprint density at radius 2 is 1.77 bits per heavy atom. The molecule has 2 aliphatic rings. The zero-order chi connectivity index (χ0) is 25.5. The molecule has 0 N–H and O–H groups in total. The van der Waals surface area contributed by atoms with Crippen LogP contribution < -0.4 is 4.90 Å². The Bertz CT molecular complexity index is 1160. The van der Waals surface area contributed by atoms with E-state index in [-0.39, 0.29) is 49.2 Å². The summed E-state index contributed by atoms with van der Waals surface area (Å²) >= 11 is 5.77. The van der Waals surface area contributed by atoms with E-state index in [9.17, 15) is 31.9 Å². The number of nitrogens with zero attached hydrogens (tertiary/aromatic N) is 4. The minimum absolute atomic E-state index is 0.0236. The van der Waals surface area contributed by atoms with Crippen molar-refractivity contribution in [3.63, 3.8) is 0 Å². The summed E-state index contributed by atoms with van der Waals surface area (Å²) in [6, 6.07) is 5.32. The molecule has 35 heavy (non-hydrogen) atoms. The van der Waals surface area contributed by atoms with Crippen LogP contribution in [0.1, 0.15) is 30.9 Å². The highest BCUT2D eigenvalue weighted by Gasteiger charge is 2.54. The number of halogens is 5. The van der Waals surface area contributed by atoms with Crippen molar-refractivity contribution in [2.24, 2.45) is 0 Å². The topological polar surface area (TPSA) is 73.8 Å². The van der Waals surface area contributed by atoms with Gasteiger partial charge in [0.15, 0.2) is 11.6 Å². The molecule has 2 fully saturated rings. The molecule has 0 saturated carbocycles. The van der Waals surface area contributed by atoms with Gasteiger partial charge in [-0.1, -0.05) is 23.7 Å². The van der Waals surface area contributed by atoms with Crippen molar-refractivity contribution in [3.05, 3.63) is 58.5 Å². The summed E-state index contributed by atoms with van der Waals surface area (Å²) in [5, 5.41) is 0.0236. The molecule has 2 saturated heterocycles. The molecule has 0 radical (unpaired) electrons. The molecule has 0 aliphatic carbocycles. The third-order valence-electron chi connectivity index (χ3n) is 6.46. The second kappa shape index (κ2) is 9.10. The SMILES string of the molecule is CC(=O)N1CCC2(CC1)C(=O)N(c1ncc(Cl)cc1F)CC(=O)N2Cc1ccc(C(F)(F)F)cc1. The molecule has 2 aliphatic heterocycles. The summed E-state index contributed by atoms with van der Waals surface area (Å²) in [5.41, 5.74) is -1.85. The Balaban J connectivity index is 1.69. The molecule has 3 amide bonds. The van der Waals surface area contributed by atoms with Gasteiger partial charge in [0.2, 0.25) is 11.8 Å². The molecule has 2 aromatic rings. The average molecular weight is 513 g/mol. The Morgan fingerprint density at radius 3 is 2.31 bits per heavy atom. The van der Waals surface area contributed by atoms with Crippen molar-refractivity contribution in [2.75, 3.05) is 24.5 Å². The predicted octanol–water partition coefficient (Wildman–Crippen LogP) is 3.65. The second-order valence-electron chi connectivity index (χ2n) is 8.56. The zero-order valence-electron chi connectivity index (χ0n) is 18.6. The zero-order valence-corrected chi connectivity index (χ0v) is 19.4. The lowest BCUT2D eigenvalue weighted by Crippen LogP contribution is -2.71. The number of carbonyl (C=O) groups is 3. The minimum Gasteiger partial charge on any atom is -0.343 e. The van der Waals surface area contributed by atoms with Crippen LogP contribution in [-0.4, -0.2) is 57.7 Å². The maximum absolute atomic E-state index is 14.6. The molecule has 7 nitrogen and oxygen atoms in total. The Morgan fingerprint density at radius 1 is 1.14 bits per heavy atom. The predicted molar refractivity (Wildman–Crippen MR) is 118 cm³/mol. The lowest BCUT2D eigenvalue weighted by Gasteiger charge is -2.52. The quantitative estimate of drug-likeness (QED) is 0.589. The van der Waals surface area contributed by atoms with E-state index in [0.717, 1.165) is 29.3 Å². The van der Waals surface area contributed by atoms with Gasteiger partial charge in [0, 0.05) is 32.8 Å². The van der Waals surface area contributed by atoms with Crippen LogP contribution in [-0.2, 0) is 27.1 Å². The number of piperidine rings is 1. The largest absolute Gasteiger partial charge is 0.416 e. The third-order valence-corrected chi connectivity index (χ3v) is 6.66. The number of amides is 3. The number of anilines is 1. The molecule has 186 valence electrons. The lowest BCUT2D eigenvalue weighted by atomic mass is 9.81. The number of rotatable bonds is 3. The van der Waals surface area contributed by atoms with E-state index in [2.05, 4.69) is 4.98 Å². The molecule has 3 heterocycles. The van der Waals surface area contributed by atoms with E-state index in [1.807, 2.05) is 0 Å². The van der Waals surface area contributed by atoms with E-state index in [0.29, 0.717) is 5.56 Å². The first-order valence-corrected chi connectivity index (χ1v) is 11.2. The smallest absolute Gasteiger partial charge is 0.343 e. The van der Waals surface area contributed by atoms with Gasteiger partial charge in [-0.25, -0.2) is 9.37 Å². The van der Waals surface area contributed by atoms with E-state index >= 15 is 0 Å². The summed E-state index contributed by atoms with van der Waals surface area (Å²) in [6.07, 6.45) is -3.17. The van der Waals surface area contributed by atoms with Crippen LogP contribution in [0.3, 0.4) is 0 Å². The maximum Gasteiger partial charge on any atom is 0.416 e. The van der Waals surface area contributed by atoms with E-state index < -0.39 is 41.5 Å². The van der Waals surface area contributed by atoms with Gasteiger partial charge in [-0.15, -0.1) is 0 Å². The summed E-state index contributed by atoms with van der Waals surface area (Å²) in [5.74, 6) is -2.48. The lowest BCUT2D eigenvalue weighted by molar-refractivity contribution is -0.156. The standard InChI is InChI=1S/C23H21ClF4N4O3/c1-14(33)30-8-6-22(7-9-30)21(35)31(20-18(25)10-17(24)11-29-20)13-19(34)32(22)12-15-2-4-16(5-3-15)23(26,27)28/h2-5,10-11H,6-9,12-13H2,1H3. The second-order valence-corrected chi connectivity index (χ2v) is 9.00. The molecular weight excluding hydrogens is 492 g/mol. The van der Waals surface area contributed by atoms with Crippen molar-refractivity contribution >= 4 is 35.1 Å². The monoisotopic (exact) mass is 512 g/mol. The first-order chi connectivity index (χ1) is 16.4. The van der Waals surface area contributed by atoms with Gasteiger partial charge in [-0.05, 0) is 36.6 Å². The molecule has 4 rings (SSSR count). The fourth-order valence-electron chi connectivity index (χ4n) is 4.57. The first kappa shape index (κ1) is 24.9. The summed E-state index contributed by atoms with van der Waals surface area (Å²) < 4.78 is 53.5. The van der Waals surface area contributed by atoms with Crippen molar-refractivity contribution in [3.8, 4) is 0 Å². The summed E-state index contributed by atoms with van der Waals surface area (Å²) in [6.45, 7) is 1.14. The maximum atomic E-state index is 14.6. The normalized spacial score (nSPS) is 18.4. The number of hydrogen-bond acceptors (Lipinski definition) is 4. The molecule has 12 heteroatoms. The first-order valence-electron chi connectivity index (χ1n) is 10.8. The molecule has 0 unspecified atom stereocenters. The van der Waals surface area contributed by atoms with Gasteiger partial charge in [-0.2, -0.15) is 13.2 Å². The van der Waals surface area contributed by atoms with Crippen LogP contribution in [0, 0.1) is 5.82 Å². The third kappa shape index (κ3) is 4.69. The molecule has 1 aromatic carbocycles. The highest BCUT2D eigenvalue weighted by molar-refractivity contribution is 6.30. The van der Waals surface area contributed by atoms with Crippen LogP contribution in [0.4, 0.5) is 23.4 Å². The number of pyridine rings is 1. The number of alkyl halides is 3. The van der Waals surface area contributed by atoms with Gasteiger partial charge >= 0.3 is 6.18 Å². The summed E-state index contributed by atoms with van der Waals surface area (Å²) in [7, 11) is 0. The van der Waals surface area contributed by atoms with Crippen LogP contribution in [0.25, 0.3) is 0 Å². The van der Waals surface area contributed by atoms with Crippen LogP contribution in [0.15, 0.2) is 36.5 Å². The van der Waals surface area contributed by atoms with Gasteiger partial charge in [0.05, 0.1) is 10.6 Å². The van der Waals surface area contributed by atoms with Crippen molar-refractivity contribution in [1.29, 1.82) is 0 Å². The van der Waals surface area contributed by atoms with Gasteiger partial charge in [-0.3, -0.25) is 19.3 Å². The number of carbonyl (C=O) groups excluding carboxylic acids is 3. The van der Waals surface area contributed by atoms with Crippen molar-refractivity contribution < 1.29 is 31.9 Å². The van der Waals surface area contributed by atoms with Crippen LogP contribution in [0.2, 0.25) is 5.02 Å². The summed E-state index contributed by atoms with van der Waals surface area (Å²) in [4.78, 5) is 46.7. The van der Waals surface area contributed by atoms with Crippen molar-refractivity contribution in [2.45, 2.75) is 38.0 Å². The Kier molecular flexibility index (Phi) is 6.48. The number of hydrogen-bond donors (Lipinski definition) is 0.